The lowest BCUT2D eigenvalue weighted by molar-refractivity contribution is 0.0734. The summed E-state index contributed by atoms with van der Waals surface area (Å²) < 4.78 is 15.8. The van der Waals surface area contributed by atoms with E-state index >= 15 is 0 Å². The molecular weight excluding hydrogens is 486 g/mol. The Bertz CT molecular complexity index is 1460. The number of benzene rings is 4. The first kappa shape index (κ1) is 26.2. The van der Waals surface area contributed by atoms with Crippen LogP contribution in [0.5, 0.6) is 23.0 Å². The number of anilines is 1. The average molecular weight is 514 g/mol. The Morgan fingerprint density at radius 2 is 1.45 bits per heavy atom. The standard InChI is InChI=1S/C30H27NO7/c1-18-4-6-19(7-5-18)20-8-11-23(12-9-20)38-30(35)21-10-13-25(22(14-21)17-32)31-29(34)24-15-28(37-3)26(33)16-27(24)36-2/h4-16,32-33H,17H2,1-3H3,(H,31,34). The molecule has 8 heteroatoms. The number of nitrogens with one attached hydrogen (secondary N) is 1. The van der Waals surface area contributed by atoms with Crippen molar-refractivity contribution < 1.29 is 34.0 Å². The van der Waals surface area contributed by atoms with E-state index in [4.69, 9.17) is 14.2 Å². The summed E-state index contributed by atoms with van der Waals surface area (Å²) in [5, 5.41) is 22.5. The van der Waals surface area contributed by atoms with E-state index in [0.29, 0.717) is 17.0 Å². The number of ether oxygens (including phenoxy) is 3. The fourth-order valence-corrected chi connectivity index (χ4v) is 3.85. The van der Waals surface area contributed by atoms with E-state index in [1.165, 1.54) is 50.1 Å². The minimum absolute atomic E-state index is 0.100. The summed E-state index contributed by atoms with van der Waals surface area (Å²) in [5.74, 6) is -0.723. The maximum atomic E-state index is 12.9. The van der Waals surface area contributed by atoms with Crippen LogP contribution in [0.3, 0.4) is 0 Å². The van der Waals surface area contributed by atoms with Crippen molar-refractivity contribution in [3.63, 3.8) is 0 Å². The number of methoxy groups -OCH3 is 2. The first-order valence-electron chi connectivity index (χ1n) is 11.7. The minimum atomic E-state index is -0.606. The highest BCUT2D eigenvalue weighted by Crippen LogP contribution is 2.34. The summed E-state index contributed by atoms with van der Waals surface area (Å²) in [6.45, 7) is 1.59. The summed E-state index contributed by atoms with van der Waals surface area (Å²) >= 11 is 0. The van der Waals surface area contributed by atoms with Crippen LogP contribution in [0.1, 0.15) is 31.8 Å². The molecule has 8 nitrogen and oxygen atoms in total. The molecule has 4 aromatic rings. The van der Waals surface area contributed by atoms with E-state index in [0.717, 1.165) is 11.1 Å². The molecule has 0 aliphatic heterocycles. The van der Waals surface area contributed by atoms with Gasteiger partial charge in [0.25, 0.3) is 5.91 Å². The number of hydrogen-bond acceptors (Lipinski definition) is 7. The smallest absolute Gasteiger partial charge is 0.343 e. The Kier molecular flexibility index (Phi) is 7.94. The van der Waals surface area contributed by atoms with Gasteiger partial charge < -0.3 is 29.7 Å². The number of phenolic OH excluding ortho intramolecular Hbond substituents is 1. The molecule has 194 valence electrons. The minimum Gasteiger partial charge on any atom is -0.504 e. The number of esters is 1. The van der Waals surface area contributed by atoms with Gasteiger partial charge in [0.15, 0.2) is 11.5 Å². The number of phenols is 1. The molecule has 0 bridgehead atoms. The molecule has 0 spiro atoms. The lowest BCUT2D eigenvalue weighted by atomic mass is 10.0. The average Bonchev–Trinajstić information content (AvgIpc) is 2.93. The molecule has 0 atom stereocenters. The van der Waals surface area contributed by atoms with Gasteiger partial charge in [-0.1, -0.05) is 42.0 Å². The largest absolute Gasteiger partial charge is 0.504 e. The number of aliphatic hydroxyl groups is 1. The van der Waals surface area contributed by atoms with Crippen molar-refractivity contribution in [1.29, 1.82) is 0 Å². The van der Waals surface area contributed by atoms with Crippen LogP contribution in [0.25, 0.3) is 11.1 Å². The number of aliphatic hydroxyl groups excluding tert-OH is 1. The summed E-state index contributed by atoms with van der Waals surface area (Å²) in [7, 11) is 2.73. The Labute approximate surface area is 220 Å². The van der Waals surface area contributed by atoms with Crippen LogP contribution < -0.4 is 19.5 Å². The first-order chi connectivity index (χ1) is 18.3. The normalized spacial score (nSPS) is 10.5. The van der Waals surface area contributed by atoms with Gasteiger partial charge in [-0.3, -0.25) is 4.79 Å². The zero-order valence-electron chi connectivity index (χ0n) is 21.1. The summed E-state index contributed by atoms with van der Waals surface area (Å²) in [4.78, 5) is 25.7. The van der Waals surface area contributed by atoms with Gasteiger partial charge in [-0.15, -0.1) is 0 Å². The number of amides is 1. The van der Waals surface area contributed by atoms with Crippen molar-refractivity contribution in [3.05, 3.63) is 101 Å². The van der Waals surface area contributed by atoms with Crippen molar-refractivity contribution in [2.45, 2.75) is 13.5 Å². The number of aryl methyl sites for hydroxylation is 1. The third kappa shape index (κ3) is 5.77. The van der Waals surface area contributed by atoms with Crippen LogP contribution in [-0.4, -0.2) is 36.3 Å². The van der Waals surface area contributed by atoms with E-state index in [2.05, 4.69) is 5.32 Å². The first-order valence-corrected chi connectivity index (χ1v) is 11.7. The molecule has 0 fully saturated rings. The Morgan fingerprint density at radius 1 is 0.816 bits per heavy atom. The monoisotopic (exact) mass is 513 g/mol. The van der Waals surface area contributed by atoms with Gasteiger partial charge in [0.05, 0.1) is 32.0 Å². The van der Waals surface area contributed by atoms with E-state index in [1.807, 2.05) is 43.3 Å². The molecule has 0 saturated heterocycles. The quantitative estimate of drug-likeness (QED) is 0.215. The molecule has 0 unspecified atom stereocenters. The fourth-order valence-electron chi connectivity index (χ4n) is 3.85. The van der Waals surface area contributed by atoms with Gasteiger partial charge in [-0.2, -0.15) is 0 Å². The van der Waals surface area contributed by atoms with E-state index in [9.17, 15) is 19.8 Å². The zero-order valence-corrected chi connectivity index (χ0v) is 21.1. The molecular formula is C30H27NO7. The van der Waals surface area contributed by atoms with Crippen LogP contribution in [-0.2, 0) is 6.61 Å². The molecule has 38 heavy (non-hydrogen) atoms. The molecule has 4 rings (SSSR count). The zero-order chi connectivity index (χ0) is 27.2. The van der Waals surface area contributed by atoms with Gasteiger partial charge in [-0.25, -0.2) is 4.79 Å². The Balaban J connectivity index is 1.49. The molecule has 0 saturated carbocycles. The molecule has 1 amide bonds. The second-order valence-electron chi connectivity index (χ2n) is 8.49. The highest BCUT2D eigenvalue weighted by Gasteiger charge is 2.19. The van der Waals surface area contributed by atoms with Crippen LogP contribution in [0.4, 0.5) is 5.69 Å². The summed E-state index contributed by atoms with van der Waals surface area (Å²) in [6.07, 6.45) is 0. The highest BCUT2D eigenvalue weighted by molar-refractivity contribution is 6.07. The van der Waals surface area contributed by atoms with Crippen molar-refractivity contribution in [1.82, 2.24) is 0 Å². The van der Waals surface area contributed by atoms with Gasteiger partial charge in [0.2, 0.25) is 0 Å². The van der Waals surface area contributed by atoms with E-state index in [-0.39, 0.29) is 28.4 Å². The van der Waals surface area contributed by atoms with Gasteiger partial charge in [-0.05, 0) is 48.4 Å². The second kappa shape index (κ2) is 11.5. The third-order valence-electron chi connectivity index (χ3n) is 5.95. The van der Waals surface area contributed by atoms with Gasteiger partial charge in [0, 0.05) is 23.4 Å². The molecule has 3 N–H and O–H groups in total. The van der Waals surface area contributed by atoms with Crippen LogP contribution in [0.15, 0.2) is 78.9 Å². The predicted octanol–water partition coefficient (Wildman–Crippen LogP) is 5.35. The number of aromatic hydroxyl groups is 1. The predicted molar refractivity (Wildman–Crippen MR) is 143 cm³/mol. The molecule has 0 aliphatic rings. The van der Waals surface area contributed by atoms with Crippen molar-refractivity contribution in [2.75, 3.05) is 19.5 Å². The number of rotatable bonds is 8. The molecule has 4 aromatic carbocycles. The van der Waals surface area contributed by atoms with Crippen molar-refractivity contribution in [3.8, 4) is 34.1 Å². The van der Waals surface area contributed by atoms with Crippen LogP contribution in [0, 0.1) is 6.92 Å². The van der Waals surface area contributed by atoms with Gasteiger partial charge in [0.1, 0.15) is 11.5 Å². The fraction of sp³-hybridized carbons (Fsp3) is 0.133. The molecule has 0 aliphatic carbocycles. The van der Waals surface area contributed by atoms with Gasteiger partial charge >= 0.3 is 5.97 Å². The van der Waals surface area contributed by atoms with E-state index in [1.54, 1.807) is 12.1 Å². The number of carbonyl (C=O) groups is 2. The Morgan fingerprint density at radius 3 is 2.05 bits per heavy atom. The maximum Gasteiger partial charge on any atom is 0.343 e. The maximum absolute atomic E-state index is 12.9. The van der Waals surface area contributed by atoms with E-state index < -0.39 is 18.5 Å². The molecule has 0 aromatic heterocycles. The second-order valence-corrected chi connectivity index (χ2v) is 8.49. The van der Waals surface area contributed by atoms with Crippen molar-refractivity contribution in [2.24, 2.45) is 0 Å². The lowest BCUT2D eigenvalue weighted by Gasteiger charge is -2.14. The lowest BCUT2D eigenvalue weighted by Crippen LogP contribution is -2.16. The summed E-state index contributed by atoms with van der Waals surface area (Å²) in [5.41, 5.74) is 4.16. The molecule has 0 radical (unpaired) electrons. The summed E-state index contributed by atoms with van der Waals surface area (Å²) in [6, 6.07) is 22.4. The molecule has 0 heterocycles. The number of carbonyl (C=O) groups excluding carboxylic acids is 2. The van der Waals surface area contributed by atoms with Crippen molar-refractivity contribution >= 4 is 17.6 Å². The van der Waals surface area contributed by atoms with Crippen LogP contribution >= 0.6 is 0 Å². The SMILES string of the molecule is COc1cc(C(=O)Nc2ccc(C(=O)Oc3ccc(-c4ccc(C)cc4)cc3)cc2CO)c(OC)cc1O. The number of hydrogen-bond donors (Lipinski definition) is 3. The van der Waals surface area contributed by atoms with Crippen LogP contribution in [0.2, 0.25) is 0 Å². The topological polar surface area (TPSA) is 114 Å². The highest BCUT2D eigenvalue weighted by atomic mass is 16.5. The Hall–Kier alpha value is -4.82. The third-order valence-corrected chi connectivity index (χ3v) is 5.95.